The molecule has 0 radical (unpaired) electrons. The van der Waals surface area contributed by atoms with Crippen molar-refractivity contribution >= 4 is 27.5 Å². The highest BCUT2D eigenvalue weighted by atomic mass is 79.9. The normalized spacial score (nSPS) is 13.7. The van der Waals surface area contributed by atoms with Crippen LogP contribution in [0.15, 0.2) is 22.7 Å². The zero-order chi connectivity index (χ0) is 14.4. The highest BCUT2D eigenvalue weighted by Gasteiger charge is 2.16. The Kier molecular flexibility index (Phi) is 6.28. The van der Waals surface area contributed by atoms with Gasteiger partial charge in [-0.3, -0.25) is 4.79 Å². The highest BCUT2D eigenvalue weighted by Crippen LogP contribution is 2.20. The molecule has 19 heavy (non-hydrogen) atoms. The van der Waals surface area contributed by atoms with Gasteiger partial charge in [0, 0.05) is 10.5 Å². The standard InChI is InChI=1S/C14H20BrFN2O/c1-4-5-9(2)17-14(19)10(3)18-13-8-11(15)6-7-12(13)16/h6-10,18H,4-5H2,1-3H3,(H,17,19). The maximum Gasteiger partial charge on any atom is 0.242 e. The average Bonchev–Trinajstić information content (AvgIpc) is 2.34. The summed E-state index contributed by atoms with van der Waals surface area (Å²) < 4.78 is 14.3. The van der Waals surface area contributed by atoms with Crippen molar-refractivity contribution in [1.29, 1.82) is 0 Å². The number of rotatable bonds is 6. The molecule has 1 aromatic carbocycles. The van der Waals surface area contributed by atoms with E-state index in [1.807, 2.05) is 6.92 Å². The van der Waals surface area contributed by atoms with E-state index >= 15 is 0 Å². The Morgan fingerprint density at radius 3 is 2.74 bits per heavy atom. The van der Waals surface area contributed by atoms with E-state index in [-0.39, 0.29) is 17.8 Å². The Labute approximate surface area is 122 Å². The number of carbonyl (C=O) groups excluding carboxylic acids is 1. The summed E-state index contributed by atoms with van der Waals surface area (Å²) in [5.41, 5.74) is 0.320. The first kappa shape index (κ1) is 16.0. The third kappa shape index (κ3) is 5.19. The van der Waals surface area contributed by atoms with Crippen LogP contribution >= 0.6 is 15.9 Å². The van der Waals surface area contributed by atoms with Gasteiger partial charge in [-0.1, -0.05) is 29.3 Å². The quantitative estimate of drug-likeness (QED) is 0.835. The number of benzene rings is 1. The third-order valence-corrected chi connectivity index (χ3v) is 3.30. The van der Waals surface area contributed by atoms with Crippen molar-refractivity contribution < 1.29 is 9.18 Å². The number of nitrogens with one attached hydrogen (secondary N) is 2. The molecule has 0 aliphatic carbocycles. The lowest BCUT2D eigenvalue weighted by Gasteiger charge is -2.19. The van der Waals surface area contributed by atoms with Crippen molar-refractivity contribution in [1.82, 2.24) is 5.32 Å². The molecule has 0 aliphatic heterocycles. The SMILES string of the molecule is CCCC(C)NC(=O)C(C)Nc1cc(Br)ccc1F. The van der Waals surface area contributed by atoms with Gasteiger partial charge in [0.15, 0.2) is 0 Å². The summed E-state index contributed by atoms with van der Waals surface area (Å²) >= 11 is 3.28. The van der Waals surface area contributed by atoms with Crippen molar-refractivity contribution in [3.05, 3.63) is 28.5 Å². The Morgan fingerprint density at radius 1 is 1.42 bits per heavy atom. The molecule has 0 aliphatic rings. The van der Waals surface area contributed by atoms with E-state index in [1.54, 1.807) is 19.1 Å². The summed E-state index contributed by atoms with van der Waals surface area (Å²) in [6.07, 6.45) is 1.95. The molecule has 0 bridgehead atoms. The number of carbonyl (C=O) groups is 1. The summed E-state index contributed by atoms with van der Waals surface area (Å²) in [6.45, 7) is 5.75. The predicted molar refractivity (Wildman–Crippen MR) is 79.7 cm³/mol. The predicted octanol–water partition coefficient (Wildman–Crippen LogP) is 3.69. The largest absolute Gasteiger partial charge is 0.371 e. The van der Waals surface area contributed by atoms with E-state index in [2.05, 4.69) is 33.5 Å². The second-order valence-electron chi connectivity index (χ2n) is 4.69. The lowest BCUT2D eigenvalue weighted by Crippen LogP contribution is -2.42. The van der Waals surface area contributed by atoms with E-state index in [0.717, 1.165) is 17.3 Å². The summed E-state index contributed by atoms with van der Waals surface area (Å²) in [4.78, 5) is 11.9. The Morgan fingerprint density at radius 2 is 2.11 bits per heavy atom. The number of amides is 1. The fourth-order valence-corrected chi connectivity index (χ4v) is 2.14. The molecule has 0 saturated carbocycles. The Balaban J connectivity index is 2.61. The average molecular weight is 331 g/mol. The molecule has 5 heteroatoms. The molecule has 1 amide bonds. The van der Waals surface area contributed by atoms with Gasteiger partial charge in [-0.15, -0.1) is 0 Å². The van der Waals surface area contributed by atoms with Crippen molar-refractivity contribution in [2.45, 2.75) is 45.7 Å². The minimum atomic E-state index is -0.483. The summed E-state index contributed by atoms with van der Waals surface area (Å²) in [7, 11) is 0. The molecule has 0 fully saturated rings. The molecular formula is C14H20BrFN2O. The molecule has 2 unspecified atom stereocenters. The number of hydrogen-bond acceptors (Lipinski definition) is 2. The van der Waals surface area contributed by atoms with Crippen molar-refractivity contribution in [3.63, 3.8) is 0 Å². The van der Waals surface area contributed by atoms with Crippen LogP contribution in [-0.4, -0.2) is 18.0 Å². The highest BCUT2D eigenvalue weighted by molar-refractivity contribution is 9.10. The van der Waals surface area contributed by atoms with Crippen LogP contribution in [0.2, 0.25) is 0 Å². The van der Waals surface area contributed by atoms with Crippen molar-refractivity contribution in [2.24, 2.45) is 0 Å². The summed E-state index contributed by atoms with van der Waals surface area (Å²) in [5.74, 6) is -0.496. The number of anilines is 1. The van der Waals surface area contributed by atoms with E-state index in [0.29, 0.717) is 5.69 Å². The van der Waals surface area contributed by atoms with Crippen LogP contribution in [0.25, 0.3) is 0 Å². The van der Waals surface area contributed by atoms with Gasteiger partial charge in [-0.25, -0.2) is 4.39 Å². The van der Waals surface area contributed by atoms with Gasteiger partial charge >= 0.3 is 0 Å². The maximum absolute atomic E-state index is 13.6. The van der Waals surface area contributed by atoms with E-state index in [1.165, 1.54) is 6.07 Å². The first-order chi connectivity index (χ1) is 8.93. The first-order valence-corrected chi connectivity index (χ1v) is 7.25. The molecule has 0 heterocycles. The van der Waals surface area contributed by atoms with Crippen LogP contribution in [0.3, 0.4) is 0 Å². The van der Waals surface area contributed by atoms with Gasteiger partial charge in [0.1, 0.15) is 11.9 Å². The van der Waals surface area contributed by atoms with Crippen LogP contribution in [0, 0.1) is 5.82 Å². The van der Waals surface area contributed by atoms with Crippen LogP contribution < -0.4 is 10.6 Å². The summed E-state index contributed by atoms with van der Waals surface area (Å²) in [5, 5.41) is 5.78. The fourth-order valence-electron chi connectivity index (χ4n) is 1.78. The smallest absolute Gasteiger partial charge is 0.242 e. The monoisotopic (exact) mass is 330 g/mol. The van der Waals surface area contributed by atoms with Crippen LogP contribution in [0.5, 0.6) is 0 Å². The molecule has 1 aromatic rings. The molecule has 1 rings (SSSR count). The minimum absolute atomic E-state index is 0.125. The Bertz CT molecular complexity index is 439. The second-order valence-corrected chi connectivity index (χ2v) is 5.60. The molecule has 2 N–H and O–H groups in total. The van der Waals surface area contributed by atoms with Crippen molar-refractivity contribution in [2.75, 3.05) is 5.32 Å². The van der Waals surface area contributed by atoms with Crippen LogP contribution in [-0.2, 0) is 4.79 Å². The van der Waals surface area contributed by atoms with E-state index in [4.69, 9.17) is 0 Å². The van der Waals surface area contributed by atoms with Gasteiger partial charge in [0.2, 0.25) is 5.91 Å². The molecule has 106 valence electrons. The van der Waals surface area contributed by atoms with Gasteiger partial charge in [0.25, 0.3) is 0 Å². The first-order valence-electron chi connectivity index (χ1n) is 6.46. The molecule has 0 aromatic heterocycles. The number of halogens is 2. The zero-order valence-corrected chi connectivity index (χ0v) is 13.1. The maximum atomic E-state index is 13.6. The fraction of sp³-hybridized carbons (Fsp3) is 0.500. The minimum Gasteiger partial charge on any atom is -0.371 e. The van der Waals surface area contributed by atoms with Gasteiger partial charge in [-0.2, -0.15) is 0 Å². The molecule has 3 nitrogen and oxygen atoms in total. The molecular weight excluding hydrogens is 311 g/mol. The second kappa shape index (κ2) is 7.48. The molecule has 2 atom stereocenters. The van der Waals surface area contributed by atoms with Gasteiger partial charge in [-0.05, 0) is 38.5 Å². The lowest BCUT2D eigenvalue weighted by molar-refractivity contribution is -0.122. The lowest BCUT2D eigenvalue weighted by atomic mass is 10.2. The Hall–Kier alpha value is -1.10. The van der Waals surface area contributed by atoms with Crippen LogP contribution in [0.4, 0.5) is 10.1 Å². The summed E-state index contributed by atoms with van der Waals surface area (Å²) in [6, 6.07) is 4.25. The topological polar surface area (TPSA) is 41.1 Å². The van der Waals surface area contributed by atoms with Crippen LogP contribution in [0.1, 0.15) is 33.6 Å². The van der Waals surface area contributed by atoms with Crippen molar-refractivity contribution in [3.8, 4) is 0 Å². The third-order valence-electron chi connectivity index (χ3n) is 2.80. The molecule has 0 saturated heterocycles. The molecule has 0 spiro atoms. The van der Waals surface area contributed by atoms with E-state index in [9.17, 15) is 9.18 Å². The van der Waals surface area contributed by atoms with Gasteiger partial charge in [0.05, 0.1) is 5.69 Å². The van der Waals surface area contributed by atoms with E-state index < -0.39 is 6.04 Å². The zero-order valence-electron chi connectivity index (χ0n) is 11.5. The number of hydrogen-bond donors (Lipinski definition) is 2. The van der Waals surface area contributed by atoms with Gasteiger partial charge < -0.3 is 10.6 Å².